The van der Waals surface area contributed by atoms with E-state index in [1.165, 1.54) is 128 Å². The first-order valence-corrected chi connectivity index (χ1v) is 19.7. The number of hydrogen-bond donors (Lipinski definition) is 0. The van der Waals surface area contributed by atoms with Gasteiger partial charge in [0.2, 0.25) is 0 Å². The molecule has 1 unspecified atom stereocenters. The van der Waals surface area contributed by atoms with E-state index in [1.807, 2.05) is 0 Å². The van der Waals surface area contributed by atoms with Crippen LogP contribution in [0.25, 0.3) is 10.4 Å². The van der Waals surface area contributed by atoms with Crippen LogP contribution in [0.15, 0.2) is 53.7 Å². The van der Waals surface area contributed by atoms with Gasteiger partial charge >= 0.3 is 0 Å². The fraction of sp³-hybridized carbons (Fsp3) is 0.805. The molecular weight excluding hydrogens is 566 g/mol. The van der Waals surface area contributed by atoms with E-state index in [-0.39, 0.29) is 6.10 Å². The molecule has 264 valence electrons. The molecule has 1 aliphatic heterocycles. The molecule has 0 aromatic rings. The molecule has 1 heterocycles. The van der Waals surface area contributed by atoms with Crippen LogP contribution in [0.2, 0.25) is 0 Å². The van der Waals surface area contributed by atoms with Crippen LogP contribution in [-0.4, -0.2) is 25.0 Å². The minimum Gasteiger partial charge on any atom is -0.347 e. The summed E-state index contributed by atoms with van der Waals surface area (Å²) in [7, 11) is 0. The number of rotatable bonds is 33. The Bertz CT molecular complexity index is 780. The molecule has 1 aliphatic rings. The molecule has 0 N–H and O–H groups in total. The van der Waals surface area contributed by atoms with Gasteiger partial charge in [-0.3, -0.25) is 0 Å². The van der Waals surface area contributed by atoms with Crippen molar-refractivity contribution < 1.29 is 9.47 Å². The minimum absolute atomic E-state index is 0.0553. The summed E-state index contributed by atoms with van der Waals surface area (Å²) < 4.78 is 12.9. The van der Waals surface area contributed by atoms with Gasteiger partial charge in [-0.15, -0.1) is 0 Å². The maximum atomic E-state index is 8.64. The van der Waals surface area contributed by atoms with Crippen LogP contribution in [0.4, 0.5) is 0 Å². The van der Waals surface area contributed by atoms with Gasteiger partial charge in [0.25, 0.3) is 0 Å². The van der Waals surface area contributed by atoms with Crippen LogP contribution in [0.3, 0.4) is 0 Å². The fourth-order valence-electron chi connectivity index (χ4n) is 6.16. The highest BCUT2D eigenvalue weighted by Crippen LogP contribution is 2.35. The molecule has 1 rings (SSSR count). The number of ether oxygens (including phenoxy) is 2. The fourth-order valence-corrected chi connectivity index (χ4v) is 6.16. The molecule has 0 radical (unpaired) electrons. The molecule has 0 amide bonds. The number of unbranched alkanes of at least 4 members (excludes halogenated alkanes) is 18. The van der Waals surface area contributed by atoms with Gasteiger partial charge in [0.05, 0.1) is 12.7 Å². The summed E-state index contributed by atoms with van der Waals surface area (Å²) in [6.07, 6.45) is 51.8. The van der Waals surface area contributed by atoms with E-state index >= 15 is 0 Å². The number of azide groups is 1. The lowest BCUT2D eigenvalue weighted by molar-refractivity contribution is -0.179. The van der Waals surface area contributed by atoms with Crippen LogP contribution in [0, 0.1) is 0 Å². The van der Waals surface area contributed by atoms with E-state index in [9.17, 15) is 0 Å². The number of hydrogen-bond acceptors (Lipinski definition) is 3. The Balaban J connectivity index is 2.16. The molecule has 0 saturated carbocycles. The van der Waals surface area contributed by atoms with Crippen LogP contribution in [0.5, 0.6) is 0 Å². The molecule has 0 spiro atoms. The Hall–Kier alpha value is -1.81. The average molecular weight is 640 g/mol. The van der Waals surface area contributed by atoms with E-state index in [0.29, 0.717) is 13.2 Å². The highest BCUT2D eigenvalue weighted by Gasteiger charge is 2.40. The lowest BCUT2D eigenvalue weighted by Gasteiger charge is -2.28. The summed E-state index contributed by atoms with van der Waals surface area (Å²) in [5.74, 6) is -0.425. The van der Waals surface area contributed by atoms with Crippen molar-refractivity contribution in [2.45, 2.75) is 199 Å². The van der Waals surface area contributed by atoms with Crippen LogP contribution in [-0.2, 0) is 9.47 Å². The monoisotopic (exact) mass is 640 g/mol. The first-order valence-electron chi connectivity index (χ1n) is 19.7. The Labute approximate surface area is 285 Å². The van der Waals surface area contributed by atoms with Crippen molar-refractivity contribution >= 4 is 0 Å². The molecule has 0 aromatic carbocycles. The summed E-state index contributed by atoms with van der Waals surface area (Å²) >= 11 is 0. The Morgan fingerprint density at radius 2 is 1.00 bits per heavy atom. The second-order valence-corrected chi connectivity index (χ2v) is 13.4. The maximum Gasteiger partial charge on any atom is 0.168 e. The highest BCUT2D eigenvalue weighted by atomic mass is 16.7. The van der Waals surface area contributed by atoms with E-state index in [2.05, 4.69) is 72.5 Å². The quantitative estimate of drug-likeness (QED) is 0.0236. The van der Waals surface area contributed by atoms with Crippen molar-refractivity contribution in [1.82, 2.24) is 0 Å². The van der Waals surface area contributed by atoms with Gasteiger partial charge in [0.15, 0.2) is 5.79 Å². The van der Waals surface area contributed by atoms with Crippen LogP contribution in [0.1, 0.15) is 187 Å². The molecule has 5 heteroatoms. The second kappa shape index (κ2) is 33.1. The maximum absolute atomic E-state index is 8.64. The van der Waals surface area contributed by atoms with Gasteiger partial charge in [-0.2, -0.15) is 0 Å². The zero-order valence-corrected chi connectivity index (χ0v) is 30.4. The summed E-state index contributed by atoms with van der Waals surface area (Å²) in [5.41, 5.74) is 8.64. The zero-order valence-electron chi connectivity index (χ0n) is 30.4. The van der Waals surface area contributed by atoms with E-state index in [1.54, 1.807) is 0 Å². The largest absolute Gasteiger partial charge is 0.347 e. The van der Waals surface area contributed by atoms with Crippen LogP contribution >= 0.6 is 0 Å². The topological polar surface area (TPSA) is 67.2 Å². The Kier molecular flexibility index (Phi) is 30.4. The molecule has 0 aromatic heterocycles. The van der Waals surface area contributed by atoms with Gasteiger partial charge < -0.3 is 9.47 Å². The van der Waals surface area contributed by atoms with Crippen molar-refractivity contribution in [3.8, 4) is 0 Å². The molecule has 5 nitrogen and oxygen atoms in total. The average Bonchev–Trinajstić information content (AvgIpc) is 3.47. The van der Waals surface area contributed by atoms with Crippen molar-refractivity contribution in [1.29, 1.82) is 0 Å². The predicted octanol–water partition coefficient (Wildman–Crippen LogP) is 14.2. The molecule has 0 bridgehead atoms. The van der Waals surface area contributed by atoms with Crippen molar-refractivity contribution in [2.75, 3.05) is 13.2 Å². The Morgan fingerprint density at radius 1 is 0.587 bits per heavy atom. The second-order valence-electron chi connectivity index (χ2n) is 13.4. The summed E-state index contributed by atoms with van der Waals surface area (Å²) in [6, 6.07) is 0. The van der Waals surface area contributed by atoms with Crippen molar-refractivity contribution in [3.63, 3.8) is 0 Å². The lowest BCUT2D eigenvalue weighted by Crippen LogP contribution is -2.31. The molecule has 0 aliphatic carbocycles. The predicted molar refractivity (Wildman–Crippen MR) is 200 cm³/mol. The molecular formula is C41H73N3O2. The first kappa shape index (κ1) is 42.2. The summed E-state index contributed by atoms with van der Waals surface area (Å²) in [5, 5.41) is 3.71. The van der Waals surface area contributed by atoms with E-state index in [0.717, 1.165) is 44.9 Å². The number of nitrogens with zero attached hydrogens (tertiary/aromatic N) is 3. The zero-order chi connectivity index (χ0) is 33.1. The summed E-state index contributed by atoms with van der Waals surface area (Å²) in [4.78, 5) is 2.90. The molecule has 1 fully saturated rings. The van der Waals surface area contributed by atoms with E-state index in [4.69, 9.17) is 15.0 Å². The van der Waals surface area contributed by atoms with Crippen molar-refractivity contribution in [3.05, 3.63) is 59.1 Å². The minimum atomic E-state index is -0.425. The lowest BCUT2D eigenvalue weighted by atomic mass is 9.98. The van der Waals surface area contributed by atoms with Gasteiger partial charge in [-0.25, -0.2) is 0 Å². The third kappa shape index (κ3) is 26.3. The Morgan fingerprint density at radius 3 is 1.43 bits per heavy atom. The SMILES string of the molecule is CCCCCC=CCC=CCCCCCCCCC1(CCCCCCCCC=CCC=CCCCCC)OCC(CCN=[N+]=[N-])O1. The molecule has 1 saturated heterocycles. The smallest absolute Gasteiger partial charge is 0.168 e. The third-order valence-corrected chi connectivity index (χ3v) is 9.04. The van der Waals surface area contributed by atoms with Gasteiger partial charge in [-0.1, -0.05) is 145 Å². The third-order valence-electron chi connectivity index (χ3n) is 9.04. The van der Waals surface area contributed by atoms with Gasteiger partial charge in [0.1, 0.15) is 0 Å². The normalized spacial score (nSPS) is 18.6. The standard InChI is InChI=1S/C41H73N3O2/c1-3-5-7-9-11-13-15-17-19-21-23-25-27-29-31-33-36-41(45-39-40(46-41)35-38-43-44-42)37-34-32-30-28-26-24-22-20-18-16-14-12-10-8-6-4-2/h11-14,17-20,40H,3-10,15-16,21-39H2,1-2H3. The molecule has 1 atom stereocenters. The highest BCUT2D eigenvalue weighted by molar-refractivity contribution is 4.93. The van der Waals surface area contributed by atoms with Crippen molar-refractivity contribution in [2.24, 2.45) is 5.11 Å². The molecule has 46 heavy (non-hydrogen) atoms. The number of allylic oxidation sites excluding steroid dienone is 8. The van der Waals surface area contributed by atoms with Gasteiger partial charge in [-0.05, 0) is 89.0 Å². The van der Waals surface area contributed by atoms with E-state index < -0.39 is 5.79 Å². The summed E-state index contributed by atoms with van der Waals surface area (Å²) in [6.45, 7) is 5.63. The van der Waals surface area contributed by atoms with Gasteiger partial charge in [0, 0.05) is 24.3 Å². The first-order chi connectivity index (χ1) is 22.8. The van der Waals surface area contributed by atoms with Crippen LogP contribution < -0.4 is 0 Å².